The normalized spacial score (nSPS) is 18.1. The molecule has 0 spiro atoms. The van der Waals surface area contributed by atoms with E-state index in [9.17, 15) is 9.59 Å². The van der Waals surface area contributed by atoms with Crippen LogP contribution in [0.2, 0.25) is 0 Å². The SMILES string of the molecule is CCN1C(=O)C1N(CC(=O)O)c1ccccc1. The number of hydrogen-bond acceptors (Lipinski definition) is 3. The Morgan fingerprint density at radius 2 is 2.06 bits per heavy atom. The average Bonchev–Trinajstić information content (AvgIpc) is 2.97. The molecule has 2 rings (SSSR count). The number of likely N-dealkylation sites (N-methyl/N-ethyl adjacent to an activating group) is 1. The van der Waals surface area contributed by atoms with Gasteiger partial charge in [0.1, 0.15) is 6.54 Å². The minimum Gasteiger partial charge on any atom is -0.480 e. The van der Waals surface area contributed by atoms with E-state index in [1.54, 1.807) is 9.80 Å². The molecule has 17 heavy (non-hydrogen) atoms. The molecule has 5 nitrogen and oxygen atoms in total. The van der Waals surface area contributed by atoms with Crippen molar-refractivity contribution in [2.24, 2.45) is 0 Å². The first-order valence-electron chi connectivity index (χ1n) is 5.49. The molecule has 1 aromatic carbocycles. The molecule has 0 aliphatic carbocycles. The Morgan fingerprint density at radius 1 is 1.41 bits per heavy atom. The van der Waals surface area contributed by atoms with Gasteiger partial charge in [-0.05, 0) is 19.1 Å². The van der Waals surface area contributed by atoms with Gasteiger partial charge in [0, 0.05) is 12.2 Å². The lowest BCUT2D eigenvalue weighted by molar-refractivity contribution is -0.135. The van der Waals surface area contributed by atoms with E-state index in [0.717, 1.165) is 5.69 Å². The van der Waals surface area contributed by atoms with Gasteiger partial charge in [-0.2, -0.15) is 0 Å². The summed E-state index contributed by atoms with van der Waals surface area (Å²) in [6.45, 7) is 2.31. The summed E-state index contributed by atoms with van der Waals surface area (Å²) in [5.41, 5.74) is 0.754. The highest BCUT2D eigenvalue weighted by Gasteiger charge is 2.49. The fourth-order valence-electron chi connectivity index (χ4n) is 1.92. The number of amides is 1. The van der Waals surface area contributed by atoms with Gasteiger partial charge >= 0.3 is 5.97 Å². The van der Waals surface area contributed by atoms with Gasteiger partial charge in [-0.3, -0.25) is 9.59 Å². The highest BCUT2D eigenvalue weighted by Crippen LogP contribution is 2.28. The third kappa shape index (κ3) is 2.22. The number of aliphatic carboxylic acids is 1. The lowest BCUT2D eigenvalue weighted by Gasteiger charge is -2.21. The van der Waals surface area contributed by atoms with Crippen LogP contribution in [0.25, 0.3) is 0 Å². The molecule has 1 fully saturated rings. The highest BCUT2D eigenvalue weighted by atomic mass is 16.4. The second kappa shape index (κ2) is 4.45. The van der Waals surface area contributed by atoms with Crippen molar-refractivity contribution in [2.45, 2.75) is 13.1 Å². The third-order valence-electron chi connectivity index (χ3n) is 2.76. The van der Waals surface area contributed by atoms with Crippen LogP contribution in [0.15, 0.2) is 30.3 Å². The van der Waals surface area contributed by atoms with Crippen LogP contribution in [0.4, 0.5) is 5.69 Å². The number of carbonyl (C=O) groups is 2. The van der Waals surface area contributed by atoms with Crippen molar-refractivity contribution >= 4 is 17.6 Å². The molecule has 1 amide bonds. The Balaban J connectivity index is 2.21. The smallest absolute Gasteiger partial charge is 0.323 e. The van der Waals surface area contributed by atoms with Crippen molar-refractivity contribution in [1.82, 2.24) is 4.90 Å². The Hall–Kier alpha value is -2.04. The van der Waals surface area contributed by atoms with Gasteiger partial charge in [0.25, 0.3) is 5.91 Å². The van der Waals surface area contributed by atoms with Gasteiger partial charge in [-0.25, -0.2) is 0 Å². The summed E-state index contributed by atoms with van der Waals surface area (Å²) in [5.74, 6) is -0.956. The third-order valence-corrected chi connectivity index (χ3v) is 2.76. The minimum atomic E-state index is -0.940. The van der Waals surface area contributed by atoms with E-state index in [2.05, 4.69) is 0 Å². The molecule has 1 aliphatic heterocycles. The predicted molar refractivity (Wildman–Crippen MR) is 62.6 cm³/mol. The average molecular weight is 234 g/mol. The maximum absolute atomic E-state index is 11.5. The van der Waals surface area contributed by atoms with Gasteiger partial charge in [0.2, 0.25) is 0 Å². The van der Waals surface area contributed by atoms with Gasteiger partial charge < -0.3 is 14.9 Å². The number of para-hydroxylation sites is 1. The number of benzene rings is 1. The quantitative estimate of drug-likeness (QED) is 0.764. The van der Waals surface area contributed by atoms with Gasteiger partial charge in [-0.1, -0.05) is 18.2 Å². The topological polar surface area (TPSA) is 60.6 Å². The molecule has 1 aromatic rings. The summed E-state index contributed by atoms with van der Waals surface area (Å²) in [7, 11) is 0. The highest BCUT2D eigenvalue weighted by molar-refractivity contribution is 6.00. The van der Waals surface area contributed by atoms with Crippen LogP contribution < -0.4 is 4.90 Å². The van der Waals surface area contributed by atoms with Crippen LogP contribution in [-0.2, 0) is 9.59 Å². The van der Waals surface area contributed by atoms with Crippen LogP contribution in [0, 0.1) is 0 Å². The van der Waals surface area contributed by atoms with Crippen molar-refractivity contribution in [3.8, 4) is 0 Å². The second-order valence-corrected chi connectivity index (χ2v) is 3.86. The fraction of sp³-hybridized carbons (Fsp3) is 0.333. The minimum absolute atomic E-state index is 0.0161. The Labute approximate surface area is 99.3 Å². The fourth-order valence-corrected chi connectivity index (χ4v) is 1.92. The molecular formula is C12H14N2O3. The van der Waals surface area contributed by atoms with Crippen molar-refractivity contribution in [2.75, 3.05) is 18.0 Å². The van der Waals surface area contributed by atoms with Crippen LogP contribution in [0.3, 0.4) is 0 Å². The van der Waals surface area contributed by atoms with Gasteiger partial charge in [-0.15, -0.1) is 0 Å². The molecule has 1 saturated heterocycles. The summed E-state index contributed by atoms with van der Waals surface area (Å²) < 4.78 is 0. The Bertz CT molecular complexity index is 433. The van der Waals surface area contributed by atoms with E-state index in [0.29, 0.717) is 6.54 Å². The molecule has 0 radical (unpaired) electrons. The molecule has 1 unspecified atom stereocenters. The number of hydrogen-bond donors (Lipinski definition) is 1. The van der Waals surface area contributed by atoms with E-state index >= 15 is 0 Å². The molecule has 1 atom stereocenters. The van der Waals surface area contributed by atoms with Gasteiger partial charge in [0.15, 0.2) is 6.17 Å². The summed E-state index contributed by atoms with van der Waals surface area (Å²) in [6, 6.07) is 9.13. The van der Waals surface area contributed by atoms with E-state index in [1.807, 2.05) is 37.3 Å². The first kappa shape index (κ1) is 11.4. The molecule has 90 valence electrons. The molecule has 1 heterocycles. The molecule has 5 heteroatoms. The molecule has 0 saturated carbocycles. The standard InChI is InChI=1S/C12H14N2O3/c1-2-13-11(12(13)17)14(8-10(15)16)9-6-4-3-5-7-9/h3-7,11H,2,8H2,1H3,(H,15,16). The molecular weight excluding hydrogens is 220 g/mol. The molecule has 1 N–H and O–H groups in total. The van der Waals surface area contributed by atoms with E-state index in [4.69, 9.17) is 5.11 Å². The van der Waals surface area contributed by atoms with Gasteiger partial charge in [0.05, 0.1) is 0 Å². The van der Waals surface area contributed by atoms with E-state index < -0.39 is 12.1 Å². The zero-order valence-corrected chi connectivity index (χ0v) is 9.54. The van der Waals surface area contributed by atoms with Crippen LogP contribution in [0.5, 0.6) is 0 Å². The van der Waals surface area contributed by atoms with Crippen LogP contribution in [0.1, 0.15) is 6.92 Å². The van der Waals surface area contributed by atoms with E-state index in [1.165, 1.54) is 0 Å². The van der Waals surface area contributed by atoms with E-state index in [-0.39, 0.29) is 12.5 Å². The van der Waals surface area contributed by atoms with Crippen molar-refractivity contribution in [1.29, 1.82) is 0 Å². The summed E-state index contributed by atoms with van der Waals surface area (Å²) in [5, 5.41) is 8.90. The first-order chi connectivity index (χ1) is 8.15. The lowest BCUT2D eigenvalue weighted by atomic mass is 10.3. The number of carbonyl (C=O) groups excluding carboxylic acids is 1. The van der Waals surface area contributed by atoms with Crippen molar-refractivity contribution < 1.29 is 14.7 Å². The second-order valence-electron chi connectivity index (χ2n) is 3.86. The molecule has 1 aliphatic rings. The number of nitrogens with zero attached hydrogens (tertiary/aromatic N) is 2. The number of rotatable bonds is 5. The first-order valence-corrected chi connectivity index (χ1v) is 5.49. The number of carboxylic acid groups (broad SMARTS) is 1. The number of anilines is 1. The largest absolute Gasteiger partial charge is 0.480 e. The predicted octanol–water partition coefficient (Wildman–Crippen LogP) is 0.766. The monoisotopic (exact) mass is 234 g/mol. The van der Waals surface area contributed by atoms with Crippen molar-refractivity contribution in [3.05, 3.63) is 30.3 Å². The summed E-state index contributed by atoms with van der Waals surface area (Å²) >= 11 is 0. The Morgan fingerprint density at radius 3 is 2.53 bits per heavy atom. The summed E-state index contributed by atoms with van der Waals surface area (Å²) in [4.78, 5) is 25.6. The maximum Gasteiger partial charge on any atom is 0.323 e. The maximum atomic E-state index is 11.5. The zero-order chi connectivity index (χ0) is 12.4. The van der Waals surface area contributed by atoms with Crippen LogP contribution >= 0.6 is 0 Å². The van der Waals surface area contributed by atoms with Crippen LogP contribution in [-0.4, -0.2) is 41.1 Å². The lowest BCUT2D eigenvalue weighted by Crippen LogP contribution is -2.34. The Kier molecular flexibility index (Phi) is 2.99. The van der Waals surface area contributed by atoms with Crippen molar-refractivity contribution in [3.63, 3.8) is 0 Å². The summed E-state index contributed by atoms with van der Waals surface area (Å²) in [6.07, 6.45) is -0.418. The molecule has 0 bridgehead atoms. The molecule has 0 aromatic heterocycles. The zero-order valence-electron chi connectivity index (χ0n) is 9.54. The number of carboxylic acids is 1.